The molecule has 5 nitrogen and oxygen atoms in total. The van der Waals surface area contributed by atoms with Gasteiger partial charge in [-0.05, 0) is 68.4 Å². The van der Waals surface area contributed by atoms with Crippen LogP contribution in [0.2, 0.25) is 0 Å². The molecule has 2 aliphatic carbocycles. The maximum absolute atomic E-state index is 12.6. The fourth-order valence-electron chi connectivity index (χ4n) is 5.03. The molecule has 1 saturated heterocycles. The van der Waals surface area contributed by atoms with Gasteiger partial charge in [0.2, 0.25) is 15.9 Å². The number of carbonyl (C=O) groups excluding carboxylic acids is 1. The number of sulfonamides is 1. The minimum Gasteiger partial charge on any atom is -0.354 e. The van der Waals surface area contributed by atoms with E-state index in [9.17, 15) is 13.2 Å². The first kappa shape index (κ1) is 18.9. The average Bonchev–Trinajstić information content (AvgIpc) is 3.43. The molecule has 27 heavy (non-hydrogen) atoms. The molecule has 1 aromatic rings. The highest BCUT2D eigenvalue weighted by atomic mass is 32.2. The monoisotopic (exact) mass is 390 g/mol. The number of amides is 1. The largest absolute Gasteiger partial charge is 0.354 e. The molecule has 0 radical (unpaired) electrons. The Labute approximate surface area is 162 Å². The predicted molar refractivity (Wildman–Crippen MR) is 106 cm³/mol. The molecule has 2 fully saturated rings. The fraction of sp³-hybridized carbons (Fsp3) is 0.667. The van der Waals surface area contributed by atoms with Crippen molar-refractivity contribution in [1.82, 2.24) is 9.62 Å². The molecule has 4 rings (SSSR count). The van der Waals surface area contributed by atoms with Crippen LogP contribution in [0, 0.1) is 0 Å². The molecule has 1 N–H and O–H groups in total. The van der Waals surface area contributed by atoms with Gasteiger partial charge in [0.05, 0.1) is 5.25 Å². The molecule has 1 spiro atoms. The smallest absolute Gasteiger partial charge is 0.220 e. The summed E-state index contributed by atoms with van der Waals surface area (Å²) in [5.74, 6) is 0.335. The second kappa shape index (κ2) is 6.89. The van der Waals surface area contributed by atoms with Crippen LogP contribution in [-0.4, -0.2) is 43.0 Å². The average molecular weight is 391 g/mol. The van der Waals surface area contributed by atoms with Crippen molar-refractivity contribution in [2.45, 2.75) is 75.0 Å². The molecule has 1 aliphatic heterocycles. The van der Waals surface area contributed by atoms with E-state index in [2.05, 4.69) is 29.6 Å². The van der Waals surface area contributed by atoms with E-state index in [1.165, 1.54) is 11.1 Å². The standard InChI is InChI=1S/C21H30N2O3S/c1-15(2)22-20(24)13-16-14-21(19-6-4-3-5-18(16)19)9-11-23(12-10-21)27(25,26)17-7-8-17/h3-6,15-17H,7-14H2,1-2H3,(H,22,24). The van der Waals surface area contributed by atoms with Crippen molar-refractivity contribution in [1.29, 1.82) is 0 Å². The molecule has 148 valence electrons. The molecular formula is C21H30N2O3S. The summed E-state index contributed by atoms with van der Waals surface area (Å²) in [4.78, 5) is 12.4. The second-order valence-electron chi connectivity index (χ2n) is 8.84. The summed E-state index contributed by atoms with van der Waals surface area (Å²) in [6, 6.07) is 8.63. The molecule has 1 saturated carbocycles. The first-order valence-electron chi connectivity index (χ1n) is 10.2. The number of carbonyl (C=O) groups is 1. The summed E-state index contributed by atoms with van der Waals surface area (Å²) in [7, 11) is -3.09. The summed E-state index contributed by atoms with van der Waals surface area (Å²) < 4.78 is 26.9. The minimum absolute atomic E-state index is 0.0228. The Morgan fingerprint density at radius 2 is 1.89 bits per heavy atom. The van der Waals surface area contributed by atoms with Gasteiger partial charge in [-0.25, -0.2) is 12.7 Å². The van der Waals surface area contributed by atoms with Gasteiger partial charge < -0.3 is 5.32 Å². The summed E-state index contributed by atoms with van der Waals surface area (Å²) >= 11 is 0. The Hall–Kier alpha value is -1.40. The topological polar surface area (TPSA) is 66.5 Å². The lowest BCUT2D eigenvalue weighted by atomic mass is 9.73. The first-order valence-corrected chi connectivity index (χ1v) is 11.7. The first-order chi connectivity index (χ1) is 12.8. The van der Waals surface area contributed by atoms with Crippen molar-refractivity contribution >= 4 is 15.9 Å². The maximum Gasteiger partial charge on any atom is 0.220 e. The van der Waals surface area contributed by atoms with Gasteiger partial charge in [-0.2, -0.15) is 0 Å². The Morgan fingerprint density at radius 1 is 1.22 bits per heavy atom. The maximum atomic E-state index is 12.6. The minimum atomic E-state index is -3.09. The van der Waals surface area contributed by atoms with E-state index in [-0.39, 0.29) is 28.5 Å². The third-order valence-electron chi connectivity index (χ3n) is 6.48. The molecule has 1 heterocycles. The van der Waals surface area contributed by atoms with Crippen molar-refractivity contribution in [3.8, 4) is 0 Å². The van der Waals surface area contributed by atoms with E-state index in [1.54, 1.807) is 4.31 Å². The number of fused-ring (bicyclic) bond motifs is 2. The number of piperidine rings is 1. The third-order valence-corrected chi connectivity index (χ3v) is 8.87. The summed E-state index contributed by atoms with van der Waals surface area (Å²) in [6.45, 7) is 5.19. The van der Waals surface area contributed by atoms with Crippen LogP contribution in [0.5, 0.6) is 0 Å². The number of rotatable bonds is 5. The molecule has 0 aromatic heterocycles. The van der Waals surface area contributed by atoms with Crippen LogP contribution < -0.4 is 5.32 Å². The van der Waals surface area contributed by atoms with Crippen LogP contribution in [0.1, 0.15) is 69.4 Å². The lowest BCUT2D eigenvalue weighted by Gasteiger charge is -2.40. The Kier molecular flexibility index (Phi) is 4.83. The molecule has 1 unspecified atom stereocenters. The van der Waals surface area contributed by atoms with Crippen LogP contribution in [0.4, 0.5) is 0 Å². The van der Waals surface area contributed by atoms with Crippen LogP contribution in [-0.2, 0) is 20.2 Å². The van der Waals surface area contributed by atoms with E-state index in [0.717, 1.165) is 32.1 Å². The zero-order valence-corrected chi connectivity index (χ0v) is 17.1. The number of benzene rings is 1. The quantitative estimate of drug-likeness (QED) is 0.841. The van der Waals surface area contributed by atoms with Gasteiger partial charge in [0.1, 0.15) is 0 Å². The zero-order chi connectivity index (χ0) is 19.2. The van der Waals surface area contributed by atoms with Crippen LogP contribution >= 0.6 is 0 Å². The van der Waals surface area contributed by atoms with Gasteiger partial charge in [-0.3, -0.25) is 4.79 Å². The normalized spacial score (nSPS) is 24.9. The molecule has 3 aliphatic rings. The Balaban J connectivity index is 1.52. The number of hydrogen-bond donors (Lipinski definition) is 1. The number of hydrogen-bond acceptors (Lipinski definition) is 3. The molecule has 1 aromatic carbocycles. The fourth-order valence-corrected chi connectivity index (χ4v) is 6.88. The SMILES string of the molecule is CC(C)NC(=O)CC1CC2(CCN(S(=O)(=O)C3CC3)CC2)c2ccccc21. The van der Waals surface area contributed by atoms with E-state index in [1.807, 2.05) is 13.8 Å². The molecule has 0 bridgehead atoms. The zero-order valence-electron chi connectivity index (χ0n) is 16.3. The van der Waals surface area contributed by atoms with Crippen LogP contribution in [0.3, 0.4) is 0 Å². The van der Waals surface area contributed by atoms with Gasteiger partial charge in [-0.15, -0.1) is 0 Å². The van der Waals surface area contributed by atoms with Crippen molar-refractivity contribution in [2.75, 3.05) is 13.1 Å². The highest BCUT2D eigenvalue weighted by molar-refractivity contribution is 7.90. The lowest BCUT2D eigenvalue weighted by molar-refractivity contribution is -0.122. The highest BCUT2D eigenvalue weighted by Crippen LogP contribution is 2.53. The van der Waals surface area contributed by atoms with Crippen LogP contribution in [0.15, 0.2) is 24.3 Å². The van der Waals surface area contributed by atoms with Gasteiger partial charge in [0.25, 0.3) is 0 Å². The lowest BCUT2D eigenvalue weighted by Crippen LogP contribution is -2.45. The van der Waals surface area contributed by atoms with E-state index in [0.29, 0.717) is 19.5 Å². The molecular weight excluding hydrogens is 360 g/mol. The van der Waals surface area contributed by atoms with Gasteiger partial charge >= 0.3 is 0 Å². The van der Waals surface area contributed by atoms with Crippen molar-refractivity contribution in [2.24, 2.45) is 0 Å². The number of nitrogens with one attached hydrogen (secondary N) is 1. The van der Waals surface area contributed by atoms with E-state index >= 15 is 0 Å². The van der Waals surface area contributed by atoms with E-state index in [4.69, 9.17) is 0 Å². The number of nitrogens with zero attached hydrogens (tertiary/aromatic N) is 1. The molecule has 1 amide bonds. The summed E-state index contributed by atoms with van der Waals surface area (Å²) in [5, 5.41) is 2.88. The van der Waals surface area contributed by atoms with Gasteiger partial charge in [0, 0.05) is 25.6 Å². The third kappa shape index (κ3) is 3.54. The predicted octanol–water partition coefficient (Wildman–Crippen LogP) is 2.91. The van der Waals surface area contributed by atoms with Gasteiger partial charge in [-0.1, -0.05) is 24.3 Å². The van der Waals surface area contributed by atoms with Crippen LogP contribution in [0.25, 0.3) is 0 Å². The molecule has 1 atom stereocenters. The van der Waals surface area contributed by atoms with Crippen molar-refractivity contribution in [3.63, 3.8) is 0 Å². The van der Waals surface area contributed by atoms with E-state index < -0.39 is 10.0 Å². The Bertz CT molecular complexity index is 822. The summed E-state index contributed by atoms with van der Waals surface area (Å²) in [6.07, 6.45) is 4.83. The van der Waals surface area contributed by atoms with Crippen molar-refractivity contribution in [3.05, 3.63) is 35.4 Å². The molecule has 6 heteroatoms. The highest BCUT2D eigenvalue weighted by Gasteiger charge is 2.49. The summed E-state index contributed by atoms with van der Waals surface area (Å²) in [5.41, 5.74) is 2.65. The van der Waals surface area contributed by atoms with Gasteiger partial charge in [0.15, 0.2) is 0 Å². The second-order valence-corrected chi connectivity index (χ2v) is 11.1. The van der Waals surface area contributed by atoms with Crippen molar-refractivity contribution < 1.29 is 13.2 Å². The Morgan fingerprint density at radius 3 is 2.52 bits per heavy atom.